The summed E-state index contributed by atoms with van der Waals surface area (Å²) in [6.07, 6.45) is 2.65. The molecule has 0 spiro atoms. The van der Waals surface area contributed by atoms with Gasteiger partial charge in [-0.05, 0) is 25.1 Å². The number of carbonyl (C=O) groups is 1. The Morgan fingerprint density at radius 3 is 2.57 bits per heavy atom. The predicted molar refractivity (Wildman–Crippen MR) is 86.3 cm³/mol. The Hall–Kier alpha value is -1.11. The molecule has 2 saturated heterocycles. The summed E-state index contributed by atoms with van der Waals surface area (Å²) >= 11 is 0. The molecule has 0 bridgehead atoms. The van der Waals surface area contributed by atoms with Gasteiger partial charge in [-0.15, -0.1) is 29.9 Å². The fraction of sp³-hybridized carbons (Fsp3) is 0.615. The van der Waals surface area contributed by atoms with E-state index in [1.165, 1.54) is 0 Å². The zero-order chi connectivity index (χ0) is 13.1. The molecular weight excluding hydrogens is 313 g/mol. The molecule has 2 aliphatic heterocycles. The van der Waals surface area contributed by atoms with Crippen molar-refractivity contribution in [1.29, 1.82) is 0 Å². The first-order chi connectivity index (χ1) is 9.34. The highest BCUT2D eigenvalue weighted by Crippen LogP contribution is 2.16. The highest BCUT2D eigenvalue weighted by atomic mass is 35.5. The van der Waals surface area contributed by atoms with Crippen molar-refractivity contribution in [2.24, 2.45) is 5.92 Å². The normalized spacial score (nSPS) is 21.4. The van der Waals surface area contributed by atoms with Gasteiger partial charge in [-0.1, -0.05) is 0 Å². The second-order valence-electron chi connectivity index (χ2n) is 5.08. The molecular formula is C13H21Cl2N5O. The van der Waals surface area contributed by atoms with Crippen LogP contribution in [0.5, 0.6) is 0 Å². The number of halogens is 2. The summed E-state index contributed by atoms with van der Waals surface area (Å²) in [7, 11) is 0. The Labute approximate surface area is 137 Å². The summed E-state index contributed by atoms with van der Waals surface area (Å²) in [5.74, 6) is 1.39. The molecule has 2 fully saturated rings. The van der Waals surface area contributed by atoms with Crippen LogP contribution in [0.3, 0.4) is 0 Å². The van der Waals surface area contributed by atoms with Gasteiger partial charge in [0.05, 0.1) is 5.92 Å². The third kappa shape index (κ3) is 4.18. The lowest BCUT2D eigenvalue weighted by molar-refractivity contribution is -0.135. The van der Waals surface area contributed by atoms with Crippen LogP contribution in [-0.4, -0.2) is 60.3 Å². The zero-order valence-electron chi connectivity index (χ0n) is 11.8. The molecule has 3 rings (SSSR count). The van der Waals surface area contributed by atoms with E-state index in [1.807, 2.05) is 17.0 Å². The van der Waals surface area contributed by atoms with E-state index in [4.69, 9.17) is 0 Å². The lowest BCUT2D eigenvalue weighted by Gasteiger charge is -2.36. The topological polar surface area (TPSA) is 61.4 Å². The lowest BCUT2D eigenvalue weighted by Crippen LogP contribution is -2.50. The monoisotopic (exact) mass is 333 g/mol. The number of nitrogens with zero attached hydrogens (tertiary/aromatic N) is 4. The highest BCUT2D eigenvalue weighted by molar-refractivity contribution is 5.85. The summed E-state index contributed by atoms with van der Waals surface area (Å²) in [5.41, 5.74) is 0. The molecule has 3 heterocycles. The summed E-state index contributed by atoms with van der Waals surface area (Å²) in [5, 5.41) is 11.3. The minimum Gasteiger partial charge on any atom is -0.352 e. The minimum absolute atomic E-state index is 0. The number of anilines is 1. The maximum absolute atomic E-state index is 12.3. The largest absolute Gasteiger partial charge is 0.352 e. The number of amides is 1. The van der Waals surface area contributed by atoms with Gasteiger partial charge < -0.3 is 15.1 Å². The quantitative estimate of drug-likeness (QED) is 0.857. The van der Waals surface area contributed by atoms with Crippen LogP contribution < -0.4 is 10.2 Å². The van der Waals surface area contributed by atoms with Crippen LogP contribution in [0, 0.1) is 5.92 Å². The van der Waals surface area contributed by atoms with Crippen molar-refractivity contribution in [2.75, 3.05) is 44.2 Å². The van der Waals surface area contributed by atoms with Crippen LogP contribution in [0.4, 0.5) is 5.82 Å². The Balaban J connectivity index is 0.00000110. The molecule has 8 heteroatoms. The number of piperazine rings is 1. The average Bonchev–Trinajstić information content (AvgIpc) is 3.02. The third-order valence-electron chi connectivity index (χ3n) is 3.88. The predicted octanol–water partition coefficient (Wildman–Crippen LogP) is 0.578. The highest BCUT2D eigenvalue weighted by Gasteiger charge is 2.29. The third-order valence-corrected chi connectivity index (χ3v) is 3.88. The van der Waals surface area contributed by atoms with E-state index >= 15 is 0 Å². The molecule has 118 valence electrons. The van der Waals surface area contributed by atoms with Gasteiger partial charge >= 0.3 is 0 Å². The van der Waals surface area contributed by atoms with E-state index < -0.39 is 0 Å². The van der Waals surface area contributed by atoms with E-state index in [2.05, 4.69) is 20.4 Å². The molecule has 21 heavy (non-hydrogen) atoms. The second-order valence-corrected chi connectivity index (χ2v) is 5.08. The Morgan fingerprint density at radius 1 is 1.24 bits per heavy atom. The number of hydrogen-bond acceptors (Lipinski definition) is 5. The van der Waals surface area contributed by atoms with E-state index in [0.717, 1.165) is 51.5 Å². The number of rotatable bonds is 2. The van der Waals surface area contributed by atoms with Gasteiger partial charge in [-0.2, -0.15) is 5.10 Å². The standard InChI is InChI=1S/C13H19N5O.2ClH/c19-13(11-3-5-14-10-11)18-8-6-17(7-9-18)12-2-1-4-15-16-12;;/h1-2,4,11,14H,3,5-10H2;2*1H. The van der Waals surface area contributed by atoms with Crippen molar-refractivity contribution in [3.05, 3.63) is 18.3 Å². The van der Waals surface area contributed by atoms with Crippen LogP contribution in [0.1, 0.15) is 6.42 Å². The van der Waals surface area contributed by atoms with Crippen molar-refractivity contribution in [3.63, 3.8) is 0 Å². The Bertz CT molecular complexity index is 433. The van der Waals surface area contributed by atoms with Gasteiger partial charge in [0.15, 0.2) is 5.82 Å². The summed E-state index contributed by atoms with van der Waals surface area (Å²) in [6.45, 7) is 5.05. The first-order valence-corrected chi connectivity index (χ1v) is 6.87. The average molecular weight is 334 g/mol. The zero-order valence-corrected chi connectivity index (χ0v) is 13.4. The van der Waals surface area contributed by atoms with Crippen LogP contribution in [0.15, 0.2) is 18.3 Å². The van der Waals surface area contributed by atoms with Crippen LogP contribution in [-0.2, 0) is 4.79 Å². The van der Waals surface area contributed by atoms with Gasteiger partial charge in [0.1, 0.15) is 0 Å². The first kappa shape index (κ1) is 17.9. The number of hydrogen-bond donors (Lipinski definition) is 1. The lowest BCUT2D eigenvalue weighted by atomic mass is 10.1. The van der Waals surface area contributed by atoms with Crippen molar-refractivity contribution in [2.45, 2.75) is 6.42 Å². The van der Waals surface area contributed by atoms with Gasteiger partial charge in [0.25, 0.3) is 0 Å². The molecule has 0 aromatic carbocycles. The molecule has 1 aromatic rings. The van der Waals surface area contributed by atoms with Crippen molar-refractivity contribution in [1.82, 2.24) is 20.4 Å². The van der Waals surface area contributed by atoms with E-state index in [1.54, 1.807) is 6.20 Å². The molecule has 2 aliphatic rings. The molecule has 1 amide bonds. The SMILES string of the molecule is Cl.Cl.O=C(C1CCNC1)N1CCN(c2cccnn2)CC1. The molecule has 1 atom stereocenters. The van der Waals surface area contributed by atoms with Crippen LogP contribution in [0.25, 0.3) is 0 Å². The van der Waals surface area contributed by atoms with Crippen molar-refractivity contribution >= 4 is 36.5 Å². The second kappa shape index (κ2) is 8.36. The minimum atomic E-state index is 0. The summed E-state index contributed by atoms with van der Waals surface area (Å²) < 4.78 is 0. The fourth-order valence-corrected chi connectivity index (χ4v) is 2.74. The molecule has 0 saturated carbocycles. The van der Waals surface area contributed by atoms with E-state index in [9.17, 15) is 4.79 Å². The summed E-state index contributed by atoms with van der Waals surface area (Å²) in [6, 6.07) is 3.86. The van der Waals surface area contributed by atoms with Crippen LogP contribution >= 0.6 is 24.8 Å². The Kier molecular flexibility index (Phi) is 7.14. The first-order valence-electron chi connectivity index (χ1n) is 6.87. The maximum Gasteiger partial charge on any atom is 0.227 e. The van der Waals surface area contributed by atoms with Gasteiger partial charge in [0.2, 0.25) is 5.91 Å². The van der Waals surface area contributed by atoms with Gasteiger partial charge in [0, 0.05) is 38.9 Å². The number of nitrogens with one attached hydrogen (secondary N) is 1. The van der Waals surface area contributed by atoms with Crippen LogP contribution in [0.2, 0.25) is 0 Å². The maximum atomic E-state index is 12.3. The van der Waals surface area contributed by atoms with Gasteiger partial charge in [-0.25, -0.2) is 0 Å². The van der Waals surface area contributed by atoms with E-state index in [-0.39, 0.29) is 30.7 Å². The fourth-order valence-electron chi connectivity index (χ4n) is 2.74. The number of carbonyl (C=O) groups excluding carboxylic acids is 1. The molecule has 0 radical (unpaired) electrons. The molecule has 1 unspecified atom stereocenters. The Morgan fingerprint density at radius 2 is 2.00 bits per heavy atom. The van der Waals surface area contributed by atoms with Crippen molar-refractivity contribution in [3.8, 4) is 0 Å². The van der Waals surface area contributed by atoms with Crippen molar-refractivity contribution < 1.29 is 4.79 Å². The van der Waals surface area contributed by atoms with Gasteiger partial charge in [-0.3, -0.25) is 4.79 Å². The summed E-state index contributed by atoms with van der Waals surface area (Å²) in [4.78, 5) is 16.5. The van der Waals surface area contributed by atoms with E-state index in [0.29, 0.717) is 5.91 Å². The number of aromatic nitrogens is 2. The smallest absolute Gasteiger partial charge is 0.227 e. The molecule has 6 nitrogen and oxygen atoms in total. The molecule has 1 aromatic heterocycles. The molecule has 0 aliphatic carbocycles. The molecule has 1 N–H and O–H groups in total.